The average molecular weight is 311 g/mol. The fourth-order valence-corrected chi connectivity index (χ4v) is 1.94. The molecule has 0 aliphatic rings. The van der Waals surface area contributed by atoms with Crippen molar-refractivity contribution in [1.29, 1.82) is 0 Å². The maximum Gasteiger partial charge on any atom is 0.270 e. The Kier molecular flexibility index (Phi) is 5.86. The minimum Gasteiger partial charge on any atom is -0.478 e. The Labute approximate surface area is 136 Å². The lowest BCUT2D eigenvalue weighted by Gasteiger charge is -2.12. The van der Waals surface area contributed by atoms with E-state index in [1.807, 2.05) is 51.1 Å². The van der Waals surface area contributed by atoms with Crippen molar-refractivity contribution in [2.45, 2.75) is 27.2 Å². The molecule has 120 valence electrons. The molecule has 1 aromatic carbocycles. The van der Waals surface area contributed by atoms with Gasteiger partial charge in [0.1, 0.15) is 0 Å². The summed E-state index contributed by atoms with van der Waals surface area (Å²) in [6.45, 7) is 6.32. The second-order valence-corrected chi connectivity index (χ2v) is 5.32. The Morgan fingerprint density at radius 1 is 1.30 bits per heavy atom. The Balaban J connectivity index is 2.44. The summed E-state index contributed by atoms with van der Waals surface area (Å²) < 4.78 is 7.45. The highest BCUT2D eigenvalue weighted by Crippen LogP contribution is 2.14. The number of allylic oxidation sites excluding steroid dienone is 1. The van der Waals surface area contributed by atoms with E-state index >= 15 is 0 Å². The molecule has 0 saturated heterocycles. The van der Waals surface area contributed by atoms with Crippen molar-refractivity contribution in [3.05, 3.63) is 59.6 Å². The molecule has 0 fully saturated rings. The van der Waals surface area contributed by atoms with Crippen molar-refractivity contribution in [1.82, 2.24) is 9.78 Å². The zero-order chi connectivity index (χ0) is 16.7. The van der Waals surface area contributed by atoms with E-state index in [1.165, 1.54) is 6.08 Å². The number of ether oxygens (including phenoxy) is 1. The zero-order valence-corrected chi connectivity index (χ0v) is 13.7. The Hall–Kier alpha value is -2.69. The van der Waals surface area contributed by atoms with Gasteiger partial charge in [-0.25, -0.2) is 9.67 Å². The first-order valence-corrected chi connectivity index (χ1v) is 7.61. The second-order valence-electron chi connectivity index (χ2n) is 5.32. The standard InChI is InChI=1S/C18H21N3O2/c1-4-10-23-18-12-15(20-17(22)11-14(2)3)13-19-21(18)16-8-6-5-7-9-16/h5-9,11-13H,4,10H2,1-3H3/b20-15-. The van der Waals surface area contributed by atoms with Crippen LogP contribution in [-0.4, -0.2) is 22.3 Å². The molecule has 1 amide bonds. The highest BCUT2D eigenvalue weighted by atomic mass is 16.5. The average Bonchev–Trinajstić information content (AvgIpc) is 2.53. The largest absolute Gasteiger partial charge is 0.478 e. The first kappa shape index (κ1) is 16.7. The van der Waals surface area contributed by atoms with Crippen LogP contribution in [0.3, 0.4) is 0 Å². The maximum atomic E-state index is 11.8. The first-order valence-electron chi connectivity index (χ1n) is 7.61. The van der Waals surface area contributed by atoms with Crippen LogP contribution in [0.25, 0.3) is 5.69 Å². The topological polar surface area (TPSA) is 56.5 Å². The van der Waals surface area contributed by atoms with Crippen molar-refractivity contribution < 1.29 is 9.53 Å². The summed E-state index contributed by atoms with van der Waals surface area (Å²) in [5, 5.41) is 4.84. The predicted octanol–water partition coefficient (Wildman–Crippen LogP) is 3.05. The summed E-state index contributed by atoms with van der Waals surface area (Å²) in [5.74, 6) is 0.259. The van der Waals surface area contributed by atoms with Gasteiger partial charge in [-0.3, -0.25) is 4.79 Å². The molecule has 0 N–H and O–H groups in total. The summed E-state index contributed by atoms with van der Waals surface area (Å²) in [6.07, 6.45) is 3.93. The number of para-hydroxylation sites is 1. The van der Waals surface area contributed by atoms with Gasteiger partial charge >= 0.3 is 0 Å². The van der Waals surface area contributed by atoms with E-state index in [0.717, 1.165) is 17.7 Å². The van der Waals surface area contributed by atoms with Crippen LogP contribution in [0, 0.1) is 0 Å². The molecule has 1 heterocycles. The van der Waals surface area contributed by atoms with E-state index < -0.39 is 0 Å². The number of nitrogens with zero attached hydrogens (tertiary/aromatic N) is 3. The number of benzene rings is 1. The minimum absolute atomic E-state index is 0.300. The van der Waals surface area contributed by atoms with Crippen molar-refractivity contribution in [3.8, 4) is 11.6 Å². The molecule has 0 aliphatic heterocycles. The summed E-state index contributed by atoms with van der Waals surface area (Å²) in [6, 6.07) is 11.4. The number of hydrogen-bond acceptors (Lipinski definition) is 3. The molecule has 23 heavy (non-hydrogen) atoms. The van der Waals surface area contributed by atoms with Crippen LogP contribution in [0.1, 0.15) is 27.2 Å². The van der Waals surface area contributed by atoms with Gasteiger partial charge in [0.2, 0.25) is 5.88 Å². The number of carbonyl (C=O) groups is 1. The smallest absolute Gasteiger partial charge is 0.270 e. The molecule has 0 saturated carbocycles. The molecular weight excluding hydrogens is 290 g/mol. The van der Waals surface area contributed by atoms with E-state index in [1.54, 1.807) is 16.9 Å². The maximum absolute atomic E-state index is 11.8. The van der Waals surface area contributed by atoms with Gasteiger partial charge in [0.15, 0.2) is 0 Å². The number of amides is 1. The van der Waals surface area contributed by atoms with Crippen LogP contribution >= 0.6 is 0 Å². The lowest BCUT2D eigenvalue weighted by molar-refractivity contribution is -0.113. The fourth-order valence-electron chi connectivity index (χ4n) is 1.94. The number of carbonyl (C=O) groups excluding carboxylic acids is 1. The van der Waals surface area contributed by atoms with E-state index in [2.05, 4.69) is 10.1 Å². The van der Waals surface area contributed by atoms with E-state index in [4.69, 9.17) is 4.74 Å². The summed E-state index contributed by atoms with van der Waals surface area (Å²) in [4.78, 5) is 15.8. The molecule has 0 aliphatic carbocycles. The third-order valence-corrected chi connectivity index (χ3v) is 2.89. The van der Waals surface area contributed by atoms with Crippen molar-refractivity contribution in [3.63, 3.8) is 0 Å². The van der Waals surface area contributed by atoms with E-state index in [-0.39, 0.29) is 5.91 Å². The van der Waals surface area contributed by atoms with Gasteiger partial charge in [-0.1, -0.05) is 30.7 Å². The second kappa shape index (κ2) is 8.08. The van der Waals surface area contributed by atoms with Gasteiger partial charge in [-0.15, -0.1) is 0 Å². The Morgan fingerprint density at radius 3 is 2.70 bits per heavy atom. The van der Waals surface area contributed by atoms with Gasteiger partial charge in [0.25, 0.3) is 5.91 Å². The molecule has 0 atom stereocenters. The minimum atomic E-state index is -0.300. The van der Waals surface area contributed by atoms with Crippen LogP contribution in [-0.2, 0) is 4.79 Å². The van der Waals surface area contributed by atoms with Gasteiger partial charge < -0.3 is 4.74 Å². The van der Waals surface area contributed by atoms with E-state index in [0.29, 0.717) is 17.8 Å². The van der Waals surface area contributed by atoms with Gasteiger partial charge in [-0.05, 0) is 32.4 Å². The van der Waals surface area contributed by atoms with E-state index in [9.17, 15) is 4.79 Å². The highest BCUT2D eigenvalue weighted by Gasteiger charge is 2.05. The zero-order valence-electron chi connectivity index (χ0n) is 13.7. The van der Waals surface area contributed by atoms with Gasteiger partial charge in [-0.2, -0.15) is 5.10 Å². The lowest BCUT2D eigenvalue weighted by atomic mass is 10.3. The third kappa shape index (κ3) is 4.92. The Morgan fingerprint density at radius 2 is 2.04 bits per heavy atom. The number of rotatable bonds is 5. The molecule has 0 bridgehead atoms. The van der Waals surface area contributed by atoms with Crippen molar-refractivity contribution >= 4 is 5.91 Å². The molecule has 2 aromatic rings. The first-order chi connectivity index (χ1) is 11.1. The molecule has 0 unspecified atom stereocenters. The van der Waals surface area contributed by atoms with Crippen LogP contribution in [0.5, 0.6) is 5.88 Å². The van der Waals surface area contributed by atoms with Crippen LogP contribution < -0.4 is 10.1 Å². The van der Waals surface area contributed by atoms with Crippen LogP contribution in [0.4, 0.5) is 0 Å². The summed E-state index contributed by atoms with van der Waals surface area (Å²) >= 11 is 0. The van der Waals surface area contributed by atoms with Crippen molar-refractivity contribution in [2.75, 3.05) is 6.61 Å². The molecule has 0 spiro atoms. The fraction of sp³-hybridized carbons (Fsp3) is 0.278. The normalized spacial score (nSPS) is 11.2. The molecule has 0 radical (unpaired) electrons. The van der Waals surface area contributed by atoms with Crippen LogP contribution in [0.15, 0.2) is 59.2 Å². The number of hydrogen-bond donors (Lipinski definition) is 0. The predicted molar refractivity (Wildman–Crippen MR) is 89.4 cm³/mol. The lowest BCUT2D eigenvalue weighted by Crippen LogP contribution is -2.15. The van der Waals surface area contributed by atoms with Crippen molar-refractivity contribution in [2.24, 2.45) is 4.99 Å². The summed E-state index contributed by atoms with van der Waals surface area (Å²) in [5.41, 5.74) is 1.80. The highest BCUT2D eigenvalue weighted by molar-refractivity contribution is 5.88. The quantitative estimate of drug-likeness (QED) is 0.797. The summed E-state index contributed by atoms with van der Waals surface area (Å²) in [7, 11) is 0. The monoisotopic (exact) mass is 311 g/mol. The molecule has 5 nitrogen and oxygen atoms in total. The molecule has 2 rings (SSSR count). The third-order valence-electron chi connectivity index (χ3n) is 2.89. The number of aromatic nitrogens is 2. The molecule has 1 aromatic heterocycles. The SMILES string of the molecule is CCCOc1c/c(=N/C(=O)C=C(C)C)cnn1-c1ccccc1. The van der Waals surface area contributed by atoms with Gasteiger partial charge in [0, 0.05) is 12.1 Å². The molecule has 5 heteroatoms. The Bertz CT molecular complexity index is 757. The van der Waals surface area contributed by atoms with Gasteiger partial charge in [0.05, 0.1) is 23.8 Å². The van der Waals surface area contributed by atoms with Crippen LogP contribution in [0.2, 0.25) is 0 Å². The molecular formula is C18H21N3O2.